The summed E-state index contributed by atoms with van der Waals surface area (Å²) in [5.41, 5.74) is 1.93. The Morgan fingerprint density at radius 1 is 1.04 bits per heavy atom. The van der Waals surface area contributed by atoms with E-state index in [9.17, 15) is 9.90 Å². The highest BCUT2D eigenvalue weighted by Crippen LogP contribution is 2.39. The third kappa shape index (κ3) is 4.25. The van der Waals surface area contributed by atoms with Gasteiger partial charge in [0.05, 0.1) is 0 Å². The van der Waals surface area contributed by atoms with E-state index in [4.69, 9.17) is 9.84 Å². The molecule has 23 heavy (non-hydrogen) atoms. The van der Waals surface area contributed by atoms with Gasteiger partial charge in [0.15, 0.2) is 0 Å². The topological polar surface area (TPSA) is 66.8 Å². The molecule has 0 aliphatic heterocycles. The van der Waals surface area contributed by atoms with E-state index in [0.29, 0.717) is 5.75 Å². The Hall–Kier alpha value is -1.55. The van der Waals surface area contributed by atoms with Gasteiger partial charge in [-0.25, -0.2) is 4.79 Å². The molecule has 0 amide bonds. The molecule has 1 aromatic carbocycles. The first-order valence-corrected chi connectivity index (χ1v) is 8.17. The Morgan fingerprint density at radius 3 is 2.00 bits per heavy atom. The summed E-state index contributed by atoms with van der Waals surface area (Å²) in [5, 5.41) is 19.1. The second-order valence-corrected chi connectivity index (χ2v) is 7.58. The third-order valence-electron chi connectivity index (χ3n) is 4.96. The van der Waals surface area contributed by atoms with E-state index in [1.807, 2.05) is 6.07 Å². The molecule has 1 aromatic rings. The predicted octanol–water partition coefficient (Wildman–Crippen LogP) is 4.23. The molecule has 1 rings (SSSR count). The van der Waals surface area contributed by atoms with Gasteiger partial charge >= 0.3 is 11.8 Å². The molecule has 0 heterocycles. The largest absolute Gasteiger partial charge is 0.476 e. The van der Waals surface area contributed by atoms with Crippen LogP contribution in [0.4, 0.5) is 0 Å². The molecular weight excluding hydrogens is 292 g/mol. The van der Waals surface area contributed by atoms with Gasteiger partial charge in [-0.1, -0.05) is 53.7 Å². The molecule has 4 nitrogen and oxygen atoms in total. The molecule has 0 aliphatic rings. The Balaban J connectivity index is 3.45. The highest BCUT2D eigenvalue weighted by atomic mass is 16.6. The van der Waals surface area contributed by atoms with Crippen molar-refractivity contribution in [2.24, 2.45) is 0 Å². The van der Waals surface area contributed by atoms with Crippen LogP contribution in [0.3, 0.4) is 0 Å². The maximum atomic E-state index is 11.2. The first kappa shape index (κ1) is 19.5. The number of hydrogen-bond acceptors (Lipinski definition) is 3. The van der Waals surface area contributed by atoms with Crippen molar-refractivity contribution in [2.45, 2.75) is 77.9 Å². The van der Waals surface area contributed by atoms with Crippen LogP contribution in [0.15, 0.2) is 18.2 Å². The molecule has 0 fully saturated rings. The lowest BCUT2D eigenvalue weighted by Gasteiger charge is -2.32. The second kappa shape index (κ2) is 6.52. The lowest BCUT2D eigenvalue weighted by Crippen LogP contribution is -2.41. The van der Waals surface area contributed by atoms with Crippen molar-refractivity contribution in [3.8, 4) is 5.75 Å². The van der Waals surface area contributed by atoms with Crippen LogP contribution < -0.4 is 4.74 Å². The van der Waals surface area contributed by atoms with Crippen LogP contribution in [0.25, 0.3) is 0 Å². The molecule has 130 valence electrons. The molecule has 0 bridgehead atoms. The Morgan fingerprint density at radius 2 is 1.57 bits per heavy atom. The van der Waals surface area contributed by atoms with Crippen molar-refractivity contribution >= 4 is 5.97 Å². The fourth-order valence-corrected chi connectivity index (χ4v) is 2.22. The van der Waals surface area contributed by atoms with Crippen LogP contribution in [0.5, 0.6) is 5.75 Å². The molecular formula is C19H30O4. The molecule has 1 unspecified atom stereocenters. The summed E-state index contributed by atoms with van der Waals surface area (Å²) in [7, 11) is 0. The normalized spacial score (nSPS) is 15.1. The SMILES string of the molecule is CCC(C)(C)c1ccc(OC(C)(O)C(=O)O)c(C(C)(C)CC)c1. The molecule has 0 radical (unpaired) electrons. The van der Waals surface area contributed by atoms with Gasteiger partial charge in [0.1, 0.15) is 5.75 Å². The highest BCUT2D eigenvalue weighted by molar-refractivity contribution is 5.75. The van der Waals surface area contributed by atoms with E-state index >= 15 is 0 Å². The Labute approximate surface area is 139 Å². The number of hydrogen-bond donors (Lipinski definition) is 2. The number of carbonyl (C=O) groups is 1. The van der Waals surface area contributed by atoms with Crippen molar-refractivity contribution in [3.05, 3.63) is 29.3 Å². The molecule has 0 spiro atoms. The van der Waals surface area contributed by atoms with E-state index in [0.717, 1.165) is 25.3 Å². The van der Waals surface area contributed by atoms with Crippen molar-refractivity contribution in [3.63, 3.8) is 0 Å². The summed E-state index contributed by atoms with van der Waals surface area (Å²) in [6, 6.07) is 5.81. The zero-order valence-corrected chi connectivity index (χ0v) is 15.4. The summed E-state index contributed by atoms with van der Waals surface area (Å²) in [4.78, 5) is 11.2. The van der Waals surface area contributed by atoms with Crippen LogP contribution in [0, 0.1) is 0 Å². The first-order valence-electron chi connectivity index (χ1n) is 8.17. The molecule has 0 saturated heterocycles. The Kier molecular flexibility index (Phi) is 5.53. The van der Waals surface area contributed by atoms with E-state index in [1.165, 1.54) is 5.56 Å². The van der Waals surface area contributed by atoms with Crippen LogP contribution >= 0.6 is 0 Å². The van der Waals surface area contributed by atoms with Gasteiger partial charge in [0.25, 0.3) is 0 Å². The van der Waals surface area contributed by atoms with Gasteiger partial charge < -0.3 is 14.9 Å². The maximum absolute atomic E-state index is 11.2. The standard InChI is InChI=1S/C19H30O4/c1-8-17(3,4)13-10-11-15(23-19(7,22)16(20)21)14(12-13)18(5,6)9-2/h10-12,22H,8-9H2,1-7H3,(H,20,21). The molecule has 0 aromatic heterocycles. The van der Waals surface area contributed by atoms with Crippen molar-refractivity contribution < 1.29 is 19.7 Å². The second-order valence-electron chi connectivity index (χ2n) is 7.58. The smallest absolute Gasteiger partial charge is 0.376 e. The zero-order valence-electron chi connectivity index (χ0n) is 15.4. The van der Waals surface area contributed by atoms with E-state index in [2.05, 4.69) is 47.6 Å². The molecule has 0 aliphatic carbocycles. The van der Waals surface area contributed by atoms with E-state index in [1.54, 1.807) is 6.07 Å². The zero-order chi connectivity index (χ0) is 18.1. The molecule has 1 atom stereocenters. The van der Waals surface area contributed by atoms with Crippen LogP contribution in [0.2, 0.25) is 0 Å². The summed E-state index contributed by atoms with van der Waals surface area (Å²) < 4.78 is 5.44. The van der Waals surface area contributed by atoms with Gasteiger partial charge in [-0.15, -0.1) is 0 Å². The fourth-order valence-electron chi connectivity index (χ4n) is 2.22. The van der Waals surface area contributed by atoms with E-state index < -0.39 is 11.8 Å². The van der Waals surface area contributed by atoms with Crippen LogP contribution in [0.1, 0.15) is 72.4 Å². The minimum absolute atomic E-state index is 0.0203. The molecule has 2 N–H and O–H groups in total. The number of benzene rings is 1. The van der Waals surface area contributed by atoms with Crippen molar-refractivity contribution in [1.82, 2.24) is 0 Å². The van der Waals surface area contributed by atoms with Crippen LogP contribution in [-0.4, -0.2) is 22.0 Å². The minimum Gasteiger partial charge on any atom is -0.476 e. The molecule has 0 saturated carbocycles. The van der Waals surface area contributed by atoms with Crippen molar-refractivity contribution in [1.29, 1.82) is 0 Å². The number of carboxylic acids is 1. The summed E-state index contributed by atoms with van der Waals surface area (Å²) >= 11 is 0. The summed E-state index contributed by atoms with van der Waals surface area (Å²) in [6.45, 7) is 13.9. The fraction of sp³-hybridized carbons (Fsp3) is 0.632. The van der Waals surface area contributed by atoms with Gasteiger partial charge in [-0.05, 0) is 35.3 Å². The van der Waals surface area contributed by atoms with E-state index in [-0.39, 0.29) is 10.8 Å². The van der Waals surface area contributed by atoms with Gasteiger partial charge in [0, 0.05) is 12.5 Å². The third-order valence-corrected chi connectivity index (χ3v) is 4.96. The number of ether oxygens (including phenoxy) is 1. The average molecular weight is 322 g/mol. The van der Waals surface area contributed by atoms with Gasteiger partial charge in [-0.2, -0.15) is 0 Å². The number of carboxylic acid groups (broad SMARTS) is 1. The number of aliphatic carboxylic acids is 1. The lowest BCUT2D eigenvalue weighted by atomic mass is 9.76. The predicted molar refractivity (Wildman–Crippen MR) is 92.0 cm³/mol. The Bertz CT molecular complexity index is 571. The quantitative estimate of drug-likeness (QED) is 0.737. The van der Waals surface area contributed by atoms with Crippen LogP contribution in [-0.2, 0) is 15.6 Å². The van der Waals surface area contributed by atoms with Gasteiger partial charge in [0.2, 0.25) is 0 Å². The summed E-state index contributed by atoms with van der Waals surface area (Å²) in [5.74, 6) is -3.24. The monoisotopic (exact) mass is 322 g/mol. The maximum Gasteiger partial charge on any atom is 0.376 e. The lowest BCUT2D eigenvalue weighted by molar-refractivity contribution is -0.188. The van der Waals surface area contributed by atoms with Crippen molar-refractivity contribution in [2.75, 3.05) is 0 Å². The summed E-state index contributed by atoms with van der Waals surface area (Å²) in [6.07, 6.45) is 1.86. The number of rotatable bonds is 7. The minimum atomic E-state index is -2.25. The van der Waals surface area contributed by atoms with Gasteiger partial charge in [-0.3, -0.25) is 0 Å². The number of aliphatic hydroxyl groups is 1. The first-order chi connectivity index (χ1) is 10.4. The molecule has 4 heteroatoms. The highest BCUT2D eigenvalue weighted by Gasteiger charge is 2.35. The average Bonchev–Trinajstić information content (AvgIpc) is 2.46.